The van der Waals surface area contributed by atoms with Gasteiger partial charge in [0.1, 0.15) is 5.75 Å². The molecule has 0 unspecified atom stereocenters. The highest BCUT2D eigenvalue weighted by molar-refractivity contribution is 6.39. The zero-order valence-corrected chi connectivity index (χ0v) is 15.7. The number of hydrogen-bond acceptors (Lipinski definition) is 4. The van der Waals surface area contributed by atoms with E-state index in [2.05, 4.69) is 5.32 Å². The number of carbonyl (C=O) groups excluding carboxylic acids is 2. The van der Waals surface area contributed by atoms with Crippen LogP contribution in [0.2, 0.25) is 0 Å². The maximum absolute atomic E-state index is 13.1. The van der Waals surface area contributed by atoms with Gasteiger partial charge in [-0.3, -0.25) is 9.59 Å². The minimum Gasteiger partial charge on any atom is -0.495 e. The van der Waals surface area contributed by atoms with E-state index >= 15 is 0 Å². The number of methoxy groups -OCH3 is 1. The van der Waals surface area contributed by atoms with Crippen molar-refractivity contribution in [3.8, 4) is 5.75 Å². The Morgan fingerprint density at radius 1 is 0.966 bits per heavy atom. The molecule has 0 aliphatic carbocycles. The normalized spacial score (nSPS) is 14.5. The zero-order chi connectivity index (χ0) is 21.0. The Morgan fingerprint density at radius 3 is 2.24 bits per heavy atom. The van der Waals surface area contributed by atoms with E-state index in [0.717, 1.165) is 17.8 Å². The molecule has 0 bridgehead atoms. The second-order valence-electron chi connectivity index (χ2n) is 6.45. The molecule has 1 heterocycles. The van der Waals surface area contributed by atoms with Crippen LogP contribution in [0.4, 0.5) is 24.5 Å². The minimum absolute atomic E-state index is 0.269. The van der Waals surface area contributed by atoms with Crippen molar-refractivity contribution in [2.75, 3.05) is 43.5 Å². The molecule has 2 amide bonds. The third-order valence-corrected chi connectivity index (χ3v) is 4.67. The molecule has 2 aromatic rings. The first-order valence-corrected chi connectivity index (χ1v) is 8.95. The van der Waals surface area contributed by atoms with Gasteiger partial charge < -0.3 is 19.9 Å². The first kappa shape index (κ1) is 20.5. The summed E-state index contributed by atoms with van der Waals surface area (Å²) in [6, 6.07) is 12.0. The summed E-state index contributed by atoms with van der Waals surface area (Å²) in [6.07, 6.45) is -4.63. The van der Waals surface area contributed by atoms with Crippen LogP contribution in [0.5, 0.6) is 5.75 Å². The Kier molecular flexibility index (Phi) is 5.95. The molecule has 1 aliphatic heterocycles. The van der Waals surface area contributed by atoms with Gasteiger partial charge in [0.05, 0.1) is 24.0 Å². The molecule has 0 saturated carbocycles. The van der Waals surface area contributed by atoms with Crippen molar-refractivity contribution in [1.29, 1.82) is 0 Å². The van der Waals surface area contributed by atoms with E-state index in [9.17, 15) is 22.8 Å². The highest BCUT2D eigenvalue weighted by Crippen LogP contribution is 2.34. The maximum atomic E-state index is 13.1. The number of nitrogens with one attached hydrogen (secondary N) is 1. The van der Waals surface area contributed by atoms with Gasteiger partial charge in [0.2, 0.25) is 0 Å². The summed E-state index contributed by atoms with van der Waals surface area (Å²) in [4.78, 5) is 28.0. The number of carbonyl (C=O) groups is 2. The largest absolute Gasteiger partial charge is 0.495 e. The fourth-order valence-electron chi connectivity index (χ4n) is 3.20. The minimum atomic E-state index is -4.63. The molecule has 1 fully saturated rings. The van der Waals surface area contributed by atoms with Gasteiger partial charge in [-0.2, -0.15) is 13.2 Å². The number of piperazine rings is 1. The Bertz CT molecular complexity index is 894. The van der Waals surface area contributed by atoms with Crippen LogP contribution in [-0.4, -0.2) is 50.0 Å². The van der Waals surface area contributed by atoms with Crippen LogP contribution in [0.1, 0.15) is 5.56 Å². The number of ether oxygens (including phenoxy) is 1. The molecule has 29 heavy (non-hydrogen) atoms. The fraction of sp³-hybridized carbons (Fsp3) is 0.300. The Labute approximate surface area is 165 Å². The quantitative estimate of drug-likeness (QED) is 0.795. The Balaban J connectivity index is 1.63. The summed E-state index contributed by atoms with van der Waals surface area (Å²) in [5.41, 5.74) is -0.557. The highest BCUT2D eigenvalue weighted by Gasteiger charge is 2.34. The number of benzene rings is 2. The molecule has 0 aromatic heterocycles. The fourth-order valence-corrected chi connectivity index (χ4v) is 3.20. The average Bonchev–Trinajstić information content (AvgIpc) is 2.73. The van der Waals surface area contributed by atoms with Crippen molar-refractivity contribution >= 4 is 23.2 Å². The molecule has 3 rings (SSSR count). The molecule has 0 spiro atoms. The second kappa shape index (κ2) is 8.42. The number of halogens is 3. The van der Waals surface area contributed by atoms with Crippen molar-refractivity contribution in [1.82, 2.24) is 4.90 Å². The van der Waals surface area contributed by atoms with Crippen LogP contribution >= 0.6 is 0 Å². The third-order valence-electron chi connectivity index (χ3n) is 4.67. The Hall–Kier alpha value is -3.23. The standard InChI is InChI=1S/C20H20F3N3O3/c1-29-17-9-5-4-8-16(17)25-10-12-26(13-11-25)19(28)18(27)24-15-7-3-2-6-14(15)20(21,22)23/h2-9H,10-13H2,1H3,(H,24,27). The van der Waals surface area contributed by atoms with Crippen LogP contribution in [0, 0.1) is 0 Å². The predicted molar refractivity (Wildman–Crippen MR) is 102 cm³/mol. The van der Waals surface area contributed by atoms with Crippen LogP contribution in [0.15, 0.2) is 48.5 Å². The molecule has 0 radical (unpaired) electrons. The van der Waals surface area contributed by atoms with Gasteiger partial charge in [-0.25, -0.2) is 0 Å². The van der Waals surface area contributed by atoms with E-state index in [1.165, 1.54) is 17.0 Å². The van der Waals surface area contributed by atoms with Crippen molar-refractivity contribution in [3.05, 3.63) is 54.1 Å². The van der Waals surface area contributed by atoms with E-state index < -0.39 is 29.2 Å². The van der Waals surface area contributed by atoms with Gasteiger partial charge in [-0.05, 0) is 24.3 Å². The number of rotatable bonds is 3. The molecule has 1 aliphatic rings. The van der Waals surface area contributed by atoms with E-state index in [1.807, 2.05) is 29.2 Å². The van der Waals surface area contributed by atoms with Crippen molar-refractivity contribution in [2.45, 2.75) is 6.18 Å². The summed E-state index contributed by atoms with van der Waals surface area (Å²) < 4.78 is 44.5. The number of nitrogens with zero attached hydrogens (tertiary/aromatic N) is 2. The SMILES string of the molecule is COc1ccccc1N1CCN(C(=O)C(=O)Nc2ccccc2C(F)(F)F)CC1. The molecule has 2 aromatic carbocycles. The number of alkyl halides is 3. The summed E-state index contributed by atoms with van der Waals surface area (Å²) in [5.74, 6) is -1.25. The summed E-state index contributed by atoms with van der Waals surface area (Å²) in [7, 11) is 1.57. The van der Waals surface area contributed by atoms with Gasteiger partial charge >= 0.3 is 18.0 Å². The van der Waals surface area contributed by atoms with Gasteiger partial charge in [-0.1, -0.05) is 24.3 Å². The van der Waals surface area contributed by atoms with E-state index in [-0.39, 0.29) is 13.1 Å². The topological polar surface area (TPSA) is 61.9 Å². The van der Waals surface area contributed by atoms with Crippen molar-refractivity contribution < 1.29 is 27.5 Å². The maximum Gasteiger partial charge on any atom is 0.418 e. The first-order chi connectivity index (χ1) is 13.8. The lowest BCUT2D eigenvalue weighted by atomic mass is 10.1. The number of para-hydroxylation sites is 3. The third kappa shape index (κ3) is 4.61. The molecule has 1 saturated heterocycles. The number of hydrogen-bond donors (Lipinski definition) is 1. The number of anilines is 2. The lowest BCUT2D eigenvalue weighted by Gasteiger charge is -2.36. The molecule has 154 valence electrons. The lowest BCUT2D eigenvalue weighted by Crippen LogP contribution is -2.51. The van der Waals surface area contributed by atoms with E-state index in [0.29, 0.717) is 18.8 Å². The number of amides is 2. The van der Waals surface area contributed by atoms with Crippen LogP contribution in [0.25, 0.3) is 0 Å². The first-order valence-electron chi connectivity index (χ1n) is 8.95. The molecule has 1 N–H and O–H groups in total. The predicted octanol–water partition coefficient (Wildman–Crippen LogP) is 3.00. The molecular weight excluding hydrogens is 387 g/mol. The van der Waals surface area contributed by atoms with Crippen molar-refractivity contribution in [2.24, 2.45) is 0 Å². The van der Waals surface area contributed by atoms with Crippen LogP contribution in [0.3, 0.4) is 0 Å². The molecule has 0 atom stereocenters. The monoisotopic (exact) mass is 407 g/mol. The highest BCUT2D eigenvalue weighted by atomic mass is 19.4. The lowest BCUT2D eigenvalue weighted by molar-refractivity contribution is -0.143. The zero-order valence-electron chi connectivity index (χ0n) is 15.7. The second-order valence-corrected chi connectivity index (χ2v) is 6.45. The van der Waals surface area contributed by atoms with Gasteiger partial charge in [0.15, 0.2) is 0 Å². The average molecular weight is 407 g/mol. The van der Waals surface area contributed by atoms with Crippen molar-refractivity contribution in [3.63, 3.8) is 0 Å². The molecular formula is C20H20F3N3O3. The Morgan fingerprint density at radius 2 is 1.59 bits per heavy atom. The van der Waals surface area contributed by atoms with Crippen LogP contribution in [-0.2, 0) is 15.8 Å². The molecule has 9 heteroatoms. The van der Waals surface area contributed by atoms with E-state index in [4.69, 9.17) is 4.74 Å². The van der Waals surface area contributed by atoms with Gasteiger partial charge in [0, 0.05) is 26.2 Å². The van der Waals surface area contributed by atoms with Gasteiger partial charge in [0.25, 0.3) is 0 Å². The summed E-state index contributed by atoms with van der Waals surface area (Å²) in [6.45, 7) is 1.48. The summed E-state index contributed by atoms with van der Waals surface area (Å²) in [5, 5.41) is 2.09. The molecule has 6 nitrogen and oxygen atoms in total. The van der Waals surface area contributed by atoms with E-state index in [1.54, 1.807) is 7.11 Å². The van der Waals surface area contributed by atoms with Crippen LogP contribution < -0.4 is 15.0 Å². The smallest absolute Gasteiger partial charge is 0.418 e. The summed E-state index contributed by atoms with van der Waals surface area (Å²) >= 11 is 0. The van der Waals surface area contributed by atoms with Gasteiger partial charge in [-0.15, -0.1) is 0 Å².